The summed E-state index contributed by atoms with van der Waals surface area (Å²) in [6.45, 7) is 21.7. The maximum absolute atomic E-state index is 12.8. The van der Waals surface area contributed by atoms with Crippen molar-refractivity contribution in [1.82, 2.24) is 0 Å². The summed E-state index contributed by atoms with van der Waals surface area (Å²) in [6.07, 6.45) is 15.1. The van der Waals surface area contributed by atoms with Crippen molar-refractivity contribution in [3.8, 4) is 0 Å². The molecule has 5 unspecified atom stereocenters. The number of ketones is 1. The first-order chi connectivity index (χ1) is 14.3. The first-order valence-corrected chi connectivity index (χ1v) is 13.2. The number of allylic oxidation sites excluding steroid dienone is 3. The van der Waals surface area contributed by atoms with Gasteiger partial charge in [0.1, 0.15) is 0 Å². The fourth-order valence-electron chi connectivity index (χ4n) is 10.8. The molecule has 0 aromatic heterocycles. The predicted molar refractivity (Wildman–Crippen MR) is 130 cm³/mol. The van der Waals surface area contributed by atoms with Crippen molar-refractivity contribution in [3.05, 3.63) is 24.3 Å². The summed E-state index contributed by atoms with van der Waals surface area (Å²) in [5.74, 6) is 3.91. The maximum Gasteiger partial charge on any atom is 0.161 e. The molecular weight excluding hydrogens is 376 g/mol. The van der Waals surface area contributed by atoms with Gasteiger partial charge in [-0.25, -0.2) is 0 Å². The van der Waals surface area contributed by atoms with Gasteiger partial charge in [-0.05, 0) is 116 Å². The highest BCUT2D eigenvalue weighted by molar-refractivity contribution is 5.95. The maximum atomic E-state index is 12.8. The minimum absolute atomic E-state index is 0.155. The lowest BCUT2D eigenvalue weighted by Crippen LogP contribution is -2.65. The van der Waals surface area contributed by atoms with Gasteiger partial charge in [-0.1, -0.05) is 59.8 Å². The van der Waals surface area contributed by atoms with E-state index in [9.17, 15) is 4.79 Å². The Morgan fingerprint density at radius 1 is 0.871 bits per heavy atom. The zero-order valence-corrected chi connectivity index (χ0v) is 21.3. The van der Waals surface area contributed by atoms with Gasteiger partial charge in [0.2, 0.25) is 0 Å². The van der Waals surface area contributed by atoms with Crippen molar-refractivity contribution in [2.75, 3.05) is 0 Å². The van der Waals surface area contributed by atoms with Crippen LogP contribution in [0.25, 0.3) is 0 Å². The Bertz CT molecular complexity index is 848. The van der Waals surface area contributed by atoms with Gasteiger partial charge in [0.25, 0.3) is 0 Å². The van der Waals surface area contributed by atoms with Gasteiger partial charge in [0, 0.05) is 5.41 Å². The Hall–Kier alpha value is -0.850. The summed E-state index contributed by atoms with van der Waals surface area (Å²) >= 11 is 0. The van der Waals surface area contributed by atoms with Crippen molar-refractivity contribution in [2.24, 2.45) is 56.7 Å². The van der Waals surface area contributed by atoms with Crippen LogP contribution in [0, 0.1) is 56.7 Å². The largest absolute Gasteiger partial charge is 0.294 e. The lowest BCUT2D eigenvalue weighted by molar-refractivity contribution is -0.216. The van der Waals surface area contributed by atoms with Crippen molar-refractivity contribution in [2.45, 2.75) is 99.8 Å². The minimum atomic E-state index is -0.218. The van der Waals surface area contributed by atoms with Crippen molar-refractivity contribution in [1.29, 1.82) is 0 Å². The number of hydrogen-bond donors (Lipinski definition) is 0. The molecule has 5 aliphatic rings. The van der Waals surface area contributed by atoms with Gasteiger partial charge in [-0.2, -0.15) is 0 Å². The summed E-state index contributed by atoms with van der Waals surface area (Å²) in [7, 11) is 0. The molecule has 172 valence electrons. The van der Waals surface area contributed by atoms with Crippen LogP contribution in [-0.2, 0) is 4.79 Å². The third-order valence-corrected chi connectivity index (χ3v) is 12.8. The van der Waals surface area contributed by atoms with Crippen molar-refractivity contribution >= 4 is 5.78 Å². The standard InChI is InChI=1S/C30H46O/c1-19(2)20-11-14-27(5)17-18-29(7)21(25(20)27)9-10-23-28(6)15-13-24(31)26(3,4)22(28)12-16-30(23,29)8/h13,15,20-23,25H,1,9-12,14,16-18H2,2-8H3/t20?,21-,22?,23?,25?,27-,28+,29?,30-/m1/s1. The van der Waals surface area contributed by atoms with Gasteiger partial charge < -0.3 is 0 Å². The highest BCUT2D eigenvalue weighted by Gasteiger charge is 2.69. The van der Waals surface area contributed by atoms with Gasteiger partial charge in [-0.15, -0.1) is 0 Å². The van der Waals surface area contributed by atoms with Crippen LogP contribution in [0.4, 0.5) is 0 Å². The Morgan fingerprint density at radius 2 is 1.58 bits per heavy atom. The Morgan fingerprint density at radius 3 is 2.26 bits per heavy atom. The lowest BCUT2D eigenvalue weighted by Gasteiger charge is -2.71. The second kappa shape index (κ2) is 6.38. The van der Waals surface area contributed by atoms with Crippen LogP contribution in [0.1, 0.15) is 99.8 Å². The minimum Gasteiger partial charge on any atom is -0.294 e. The molecule has 5 aliphatic carbocycles. The van der Waals surface area contributed by atoms with Gasteiger partial charge >= 0.3 is 0 Å². The quantitative estimate of drug-likeness (QED) is 0.391. The van der Waals surface area contributed by atoms with Gasteiger partial charge in [0.15, 0.2) is 5.78 Å². The van der Waals surface area contributed by atoms with E-state index >= 15 is 0 Å². The average molecular weight is 423 g/mol. The van der Waals surface area contributed by atoms with E-state index in [1.165, 1.54) is 56.9 Å². The summed E-state index contributed by atoms with van der Waals surface area (Å²) in [5.41, 5.74) is 2.68. The second-order valence-electron chi connectivity index (χ2n) is 14.1. The molecule has 1 nitrogen and oxygen atoms in total. The van der Waals surface area contributed by atoms with E-state index in [0.717, 1.165) is 17.8 Å². The topological polar surface area (TPSA) is 17.1 Å². The van der Waals surface area contributed by atoms with Gasteiger partial charge in [-0.3, -0.25) is 4.79 Å². The molecular formula is C30H46O. The molecule has 0 heterocycles. The van der Waals surface area contributed by atoms with E-state index in [1.807, 2.05) is 6.08 Å². The molecule has 0 N–H and O–H groups in total. The number of rotatable bonds is 1. The summed E-state index contributed by atoms with van der Waals surface area (Å²) in [5, 5.41) is 0. The van der Waals surface area contributed by atoms with E-state index in [1.54, 1.807) is 0 Å². The molecule has 5 rings (SSSR count). The van der Waals surface area contributed by atoms with Crippen LogP contribution in [0.15, 0.2) is 24.3 Å². The SMILES string of the molecule is C=C(C)C1CC[C@]2(C)CCC3(C)[C@H](CCC4[C@@]5(C)C=CC(=O)C(C)(C)C5CC[C@]43C)C12. The highest BCUT2D eigenvalue weighted by atomic mass is 16.1. The molecule has 0 spiro atoms. The van der Waals surface area contributed by atoms with Crippen LogP contribution in [0.3, 0.4) is 0 Å². The third-order valence-electron chi connectivity index (χ3n) is 12.8. The number of fused-ring (bicyclic) bond motifs is 7. The lowest BCUT2D eigenvalue weighted by atomic mass is 9.33. The zero-order chi connectivity index (χ0) is 22.6. The van der Waals surface area contributed by atoms with E-state index in [2.05, 4.69) is 61.1 Å². The van der Waals surface area contributed by atoms with Crippen LogP contribution in [0.2, 0.25) is 0 Å². The number of carbonyl (C=O) groups excluding carboxylic acids is 1. The summed E-state index contributed by atoms with van der Waals surface area (Å²) in [4.78, 5) is 12.8. The number of hydrogen-bond acceptors (Lipinski definition) is 1. The van der Waals surface area contributed by atoms with Crippen LogP contribution in [-0.4, -0.2) is 5.78 Å². The molecule has 4 saturated carbocycles. The first-order valence-electron chi connectivity index (χ1n) is 13.2. The van der Waals surface area contributed by atoms with E-state index in [0.29, 0.717) is 33.9 Å². The van der Waals surface area contributed by atoms with E-state index < -0.39 is 0 Å². The van der Waals surface area contributed by atoms with Crippen molar-refractivity contribution in [3.63, 3.8) is 0 Å². The molecule has 0 bridgehead atoms. The molecule has 0 radical (unpaired) electrons. The van der Waals surface area contributed by atoms with Crippen molar-refractivity contribution < 1.29 is 4.79 Å². The van der Waals surface area contributed by atoms with E-state index in [-0.39, 0.29) is 10.8 Å². The number of carbonyl (C=O) groups is 1. The zero-order valence-electron chi connectivity index (χ0n) is 21.3. The fraction of sp³-hybridized carbons (Fsp3) is 0.833. The molecule has 0 aromatic carbocycles. The molecule has 31 heavy (non-hydrogen) atoms. The molecule has 0 aromatic rings. The first kappa shape index (κ1) is 22.0. The molecule has 0 aliphatic heterocycles. The normalized spacial score (nSPS) is 55.1. The predicted octanol–water partition coefficient (Wildman–Crippen LogP) is 8.01. The second-order valence-corrected chi connectivity index (χ2v) is 14.1. The molecule has 4 fully saturated rings. The summed E-state index contributed by atoms with van der Waals surface area (Å²) < 4.78 is 0. The molecule has 9 atom stereocenters. The highest BCUT2D eigenvalue weighted by Crippen LogP contribution is 2.76. The third kappa shape index (κ3) is 2.53. The Kier molecular flexibility index (Phi) is 4.52. The van der Waals surface area contributed by atoms with Crippen LogP contribution >= 0.6 is 0 Å². The Labute approximate surface area is 191 Å². The molecule has 0 saturated heterocycles. The van der Waals surface area contributed by atoms with Crippen LogP contribution < -0.4 is 0 Å². The monoisotopic (exact) mass is 422 g/mol. The summed E-state index contributed by atoms with van der Waals surface area (Å²) in [6, 6.07) is 0. The van der Waals surface area contributed by atoms with E-state index in [4.69, 9.17) is 0 Å². The molecule has 0 amide bonds. The Balaban J connectivity index is 1.57. The smallest absolute Gasteiger partial charge is 0.161 e. The van der Waals surface area contributed by atoms with Crippen LogP contribution in [0.5, 0.6) is 0 Å². The van der Waals surface area contributed by atoms with Gasteiger partial charge in [0.05, 0.1) is 0 Å². The fourth-order valence-corrected chi connectivity index (χ4v) is 10.8. The average Bonchev–Trinajstić information content (AvgIpc) is 3.04. The molecule has 1 heteroatoms.